The first-order valence-corrected chi connectivity index (χ1v) is 24.8. The summed E-state index contributed by atoms with van der Waals surface area (Å²) in [5, 5.41) is 8.44. The Morgan fingerprint density at radius 3 is 1.22 bits per heavy atom. The number of allylic oxidation sites excluding steroid dienone is 8. The predicted octanol–water partition coefficient (Wildman–Crippen LogP) is 4.74. The van der Waals surface area contributed by atoms with Crippen LogP contribution < -0.4 is 35.2 Å². The van der Waals surface area contributed by atoms with Crippen LogP contribution in [0.25, 0.3) is 32.7 Å². The third-order valence-corrected chi connectivity index (χ3v) is 30.6. The van der Waals surface area contributed by atoms with Crippen molar-refractivity contribution in [2.24, 2.45) is 11.8 Å². The summed E-state index contributed by atoms with van der Waals surface area (Å²) < 4.78 is 3.58. The van der Waals surface area contributed by atoms with Crippen LogP contribution in [0.3, 0.4) is 0 Å². The zero-order valence-electron chi connectivity index (χ0n) is 28.9. The van der Waals surface area contributed by atoms with Crippen molar-refractivity contribution in [1.29, 1.82) is 0 Å². The van der Waals surface area contributed by atoms with Gasteiger partial charge in [-0.25, -0.2) is 0 Å². The van der Waals surface area contributed by atoms with Crippen LogP contribution in [0.15, 0.2) is 175 Å². The summed E-state index contributed by atoms with van der Waals surface area (Å²) in [6, 6.07) is 54.6. The van der Waals surface area contributed by atoms with E-state index in [1.807, 2.05) is 0 Å². The van der Waals surface area contributed by atoms with Gasteiger partial charge in [-0.2, -0.15) is 0 Å². The number of halogens is 2. The minimum atomic E-state index is -2.71. The van der Waals surface area contributed by atoms with Crippen molar-refractivity contribution in [3.63, 3.8) is 0 Å². The average Bonchev–Trinajstić information content (AvgIpc) is 3.59. The topological polar surface area (TPSA) is 0 Å². The van der Waals surface area contributed by atoms with Gasteiger partial charge in [-0.05, 0) is 0 Å². The Labute approximate surface area is 317 Å². The summed E-state index contributed by atoms with van der Waals surface area (Å²) in [7, 11) is 0. The van der Waals surface area contributed by atoms with Gasteiger partial charge >= 0.3 is 295 Å². The third-order valence-electron chi connectivity index (χ3n) is 10.4. The Hall–Kier alpha value is -3.52. The molecule has 2 atom stereocenters. The molecular formula is C46H40Cl2SiZr. The first kappa shape index (κ1) is 36.3. The van der Waals surface area contributed by atoms with Gasteiger partial charge in [0.05, 0.1) is 0 Å². The second-order valence-electron chi connectivity index (χ2n) is 13.4. The number of hydrogen-bond acceptors (Lipinski definition) is 0. The van der Waals surface area contributed by atoms with E-state index in [1.165, 1.54) is 55.0 Å². The first-order chi connectivity index (χ1) is 23.5. The van der Waals surface area contributed by atoms with Gasteiger partial charge in [0.15, 0.2) is 0 Å². The Kier molecular flexibility index (Phi) is 11.2. The summed E-state index contributed by atoms with van der Waals surface area (Å²) in [5.41, 5.74) is 7.61. The molecule has 2 unspecified atom stereocenters. The molecule has 0 nitrogen and oxygen atoms in total. The fourth-order valence-electron chi connectivity index (χ4n) is 8.30. The Morgan fingerprint density at radius 2 is 0.800 bits per heavy atom. The summed E-state index contributed by atoms with van der Waals surface area (Å²) in [4.78, 5) is 0. The maximum absolute atomic E-state index is 2.71. The van der Waals surface area contributed by atoms with Crippen LogP contribution in [0, 0.1) is 11.8 Å². The smallest absolute Gasteiger partial charge is 1.00 e. The molecule has 50 heavy (non-hydrogen) atoms. The normalized spacial score (nSPS) is 16.8. The molecule has 0 saturated carbocycles. The van der Waals surface area contributed by atoms with Crippen LogP contribution in [-0.4, -0.2) is 5.43 Å². The minimum absolute atomic E-state index is 0. The molecule has 0 aliphatic heterocycles. The minimum Gasteiger partial charge on any atom is -1.00 e. The van der Waals surface area contributed by atoms with Crippen LogP contribution in [0.1, 0.15) is 38.8 Å². The maximum atomic E-state index is 2.61. The molecule has 4 heteroatoms. The quantitative estimate of drug-likeness (QED) is 0.215. The van der Waals surface area contributed by atoms with Gasteiger partial charge in [-0.15, -0.1) is 0 Å². The van der Waals surface area contributed by atoms with Crippen molar-refractivity contribution in [2.75, 3.05) is 0 Å². The molecule has 6 aromatic carbocycles. The van der Waals surface area contributed by atoms with Crippen molar-refractivity contribution in [2.45, 2.75) is 27.7 Å². The molecule has 0 spiro atoms. The Balaban J connectivity index is 0.00000216. The number of fused-ring (bicyclic) bond motifs is 2. The van der Waals surface area contributed by atoms with E-state index in [4.69, 9.17) is 0 Å². The predicted molar refractivity (Wildman–Crippen MR) is 205 cm³/mol. The molecule has 0 radical (unpaired) electrons. The van der Waals surface area contributed by atoms with E-state index in [1.54, 1.807) is 16.9 Å². The van der Waals surface area contributed by atoms with E-state index < -0.39 is 25.8 Å². The van der Waals surface area contributed by atoms with Crippen LogP contribution >= 0.6 is 0 Å². The van der Waals surface area contributed by atoms with Crippen molar-refractivity contribution in [3.8, 4) is 0 Å². The number of benzene rings is 6. The zero-order chi connectivity index (χ0) is 32.8. The van der Waals surface area contributed by atoms with Crippen LogP contribution in [0.4, 0.5) is 0 Å². The van der Waals surface area contributed by atoms with E-state index in [-0.39, 0.29) is 24.8 Å². The van der Waals surface area contributed by atoms with E-state index in [0.29, 0.717) is 11.8 Å². The monoisotopic (exact) mass is 780 g/mol. The maximum Gasteiger partial charge on any atom is -1.00 e. The van der Waals surface area contributed by atoms with Gasteiger partial charge in [0.25, 0.3) is 0 Å². The zero-order valence-corrected chi connectivity index (χ0v) is 33.9. The summed E-state index contributed by atoms with van der Waals surface area (Å²) >= 11 is -2.71. The van der Waals surface area contributed by atoms with Crippen molar-refractivity contribution >= 4 is 48.5 Å². The van der Waals surface area contributed by atoms with Gasteiger partial charge in [0.2, 0.25) is 0 Å². The number of hydrogen-bond donors (Lipinski definition) is 0. The van der Waals surface area contributed by atoms with Gasteiger partial charge in [-0.1, -0.05) is 0 Å². The molecule has 0 fully saturated rings. The average molecular weight is 783 g/mol. The SMILES string of the molecule is CC1=[C]([Zr+2]([C]2=C(C)C(c3cccc4ccccc34)=CC2C)=[Si](c2ccccc2)c2ccccc2)C(C)C=C1c1cccc2ccccc12.[Cl-].[Cl-]. The van der Waals surface area contributed by atoms with E-state index in [9.17, 15) is 0 Å². The summed E-state index contributed by atoms with van der Waals surface area (Å²) in [6.07, 6.45) is 5.22. The molecule has 0 N–H and O–H groups in total. The summed E-state index contributed by atoms with van der Waals surface area (Å²) in [5.74, 6) is 0.824. The molecule has 2 aliphatic rings. The molecule has 8 rings (SSSR count). The second kappa shape index (κ2) is 15.4. The van der Waals surface area contributed by atoms with Gasteiger partial charge in [0.1, 0.15) is 0 Å². The fraction of sp³-hybridized carbons (Fsp3) is 0.130. The van der Waals surface area contributed by atoms with Crippen LogP contribution in [0.5, 0.6) is 0 Å². The third kappa shape index (κ3) is 6.42. The van der Waals surface area contributed by atoms with Gasteiger partial charge < -0.3 is 24.8 Å². The fourth-order valence-corrected chi connectivity index (χ4v) is 32.3. The Bertz CT molecular complexity index is 2200. The molecule has 0 saturated heterocycles. The molecule has 0 aromatic heterocycles. The van der Waals surface area contributed by atoms with E-state index >= 15 is 0 Å². The first-order valence-electron chi connectivity index (χ1n) is 17.2. The van der Waals surface area contributed by atoms with E-state index in [2.05, 4.69) is 185 Å². The molecule has 2 aliphatic carbocycles. The summed E-state index contributed by atoms with van der Waals surface area (Å²) in [6.45, 7) is 9.89. The number of rotatable bonds is 6. The standard InChI is InChI=1S/2C17H15.C12H10Si.2ClH.Zr/c2*1-12-10-13(2)17(11-12)16-9-5-7-14-6-3-4-8-15(14)16;1-3-7-11(8-4-1)13-12-9-5-2-6-10-12;;;/h2*3-9,11-12H,1-2H3;1-10H;2*1H;/q;;;;;+2/p-2. The molecule has 6 aromatic rings. The van der Waals surface area contributed by atoms with Crippen molar-refractivity contribution < 1.29 is 45.2 Å². The van der Waals surface area contributed by atoms with Gasteiger partial charge in [-0.3, -0.25) is 0 Å². The van der Waals surface area contributed by atoms with Crippen molar-refractivity contribution in [3.05, 3.63) is 187 Å². The Morgan fingerprint density at radius 1 is 0.440 bits per heavy atom. The molecule has 0 bridgehead atoms. The second-order valence-corrected chi connectivity index (χ2v) is 26.4. The molecule has 0 heterocycles. The van der Waals surface area contributed by atoms with Gasteiger partial charge in [0, 0.05) is 0 Å². The molecule has 0 amide bonds. The van der Waals surface area contributed by atoms with Crippen LogP contribution in [0.2, 0.25) is 0 Å². The molecule has 246 valence electrons. The van der Waals surface area contributed by atoms with E-state index in [0.717, 1.165) is 0 Å². The van der Waals surface area contributed by atoms with Crippen molar-refractivity contribution in [1.82, 2.24) is 0 Å². The largest absolute Gasteiger partial charge is 1.00 e. The molecular weight excluding hydrogens is 743 g/mol. The van der Waals surface area contributed by atoms with Crippen LogP contribution in [-0.2, 0) is 20.4 Å².